The number of hydrogen-bond acceptors (Lipinski definition) is 3. The van der Waals surface area contributed by atoms with Gasteiger partial charge in [0.25, 0.3) is 0 Å². The van der Waals surface area contributed by atoms with Crippen LogP contribution in [0.2, 0.25) is 0 Å². The summed E-state index contributed by atoms with van der Waals surface area (Å²) >= 11 is 0. The molecule has 28 heavy (non-hydrogen) atoms. The number of benzene rings is 2. The Bertz CT molecular complexity index is 946. The average Bonchev–Trinajstić information content (AvgIpc) is 2.77. The lowest BCUT2D eigenvalue weighted by Crippen LogP contribution is -2.48. The summed E-state index contributed by atoms with van der Waals surface area (Å²) in [5.41, 5.74) is 4.73. The normalized spacial score (nSPS) is 17.0. The van der Waals surface area contributed by atoms with Crippen LogP contribution < -0.4 is 5.32 Å². The molecule has 1 aliphatic heterocycles. The topological polar surface area (TPSA) is 45.2 Å². The van der Waals surface area contributed by atoms with Crippen molar-refractivity contribution in [2.75, 3.05) is 19.6 Å². The second-order valence-electron chi connectivity index (χ2n) is 7.39. The highest BCUT2D eigenvalue weighted by Gasteiger charge is 2.27. The first-order chi connectivity index (χ1) is 13.8. The lowest BCUT2D eigenvalue weighted by molar-refractivity contribution is -0.134. The van der Waals surface area contributed by atoms with Gasteiger partial charge >= 0.3 is 0 Å². The fourth-order valence-corrected chi connectivity index (χ4v) is 4.03. The Morgan fingerprint density at radius 2 is 1.96 bits per heavy atom. The highest BCUT2D eigenvalue weighted by molar-refractivity contribution is 5.83. The van der Waals surface area contributed by atoms with Crippen molar-refractivity contribution in [2.45, 2.75) is 32.2 Å². The lowest BCUT2D eigenvalue weighted by atomic mass is 9.99. The molecule has 0 aliphatic carbocycles. The monoisotopic (exact) mass is 373 g/mol. The molecule has 1 aliphatic rings. The summed E-state index contributed by atoms with van der Waals surface area (Å²) in [5, 5.41) is 4.59. The molecule has 4 heteroatoms. The number of pyridine rings is 1. The first-order valence-corrected chi connectivity index (χ1v) is 10.2. The summed E-state index contributed by atoms with van der Waals surface area (Å²) in [6, 6.07) is 19.0. The summed E-state index contributed by atoms with van der Waals surface area (Å²) in [5.74, 6) is 0.229. The van der Waals surface area contributed by atoms with Crippen molar-refractivity contribution < 1.29 is 4.79 Å². The van der Waals surface area contributed by atoms with E-state index >= 15 is 0 Å². The van der Waals surface area contributed by atoms with Gasteiger partial charge in [0.05, 0.1) is 11.6 Å². The van der Waals surface area contributed by atoms with Gasteiger partial charge in [0.2, 0.25) is 5.91 Å². The van der Waals surface area contributed by atoms with Crippen LogP contribution in [-0.2, 0) is 17.6 Å². The quantitative estimate of drug-likeness (QED) is 0.738. The number of nitrogens with zero attached hydrogens (tertiary/aromatic N) is 2. The van der Waals surface area contributed by atoms with E-state index in [1.165, 1.54) is 16.7 Å². The fraction of sp³-hybridized carbons (Fsp3) is 0.333. The number of aryl methyl sites for hydroxylation is 2. The van der Waals surface area contributed by atoms with Gasteiger partial charge in [-0.05, 0) is 41.7 Å². The first kappa shape index (κ1) is 18.6. The van der Waals surface area contributed by atoms with Crippen molar-refractivity contribution in [1.82, 2.24) is 15.2 Å². The number of carbonyl (C=O) groups excluding carboxylic acids is 1. The van der Waals surface area contributed by atoms with E-state index in [1.54, 1.807) is 0 Å². The Morgan fingerprint density at radius 3 is 2.79 bits per heavy atom. The highest BCUT2D eigenvalue weighted by Crippen LogP contribution is 2.25. The largest absolute Gasteiger partial charge is 0.333 e. The molecule has 1 saturated heterocycles. The molecule has 2 aromatic carbocycles. The van der Waals surface area contributed by atoms with Gasteiger partial charge in [-0.1, -0.05) is 49.4 Å². The molecule has 1 fully saturated rings. The molecular formula is C24H27N3O. The Kier molecular flexibility index (Phi) is 5.68. The van der Waals surface area contributed by atoms with Gasteiger partial charge in [-0.3, -0.25) is 9.78 Å². The molecule has 1 N–H and O–H groups in total. The molecule has 0 bridgehead atoms. The van der Waals surface area contributed by atoms with E-state index in [4.69, 9.17) is 0 Å². The van der Waals surface area contributed by atoms with Crippen molar-refractivity contribution >= 4 is 16.8 Å². The maximum absolute atomic E-state index is 13.1. The van der Waals surface area contributed by atoms with Crippen LogP contribution in [0.3, 0.4) is 0 Å². The van der Waals surface area contributed by atoms with Gasteiger partial charge in [0, 0.05) is 37.6 Å². The fourth-order valence-electron chi connectivity index (χ4n) is 4.03. The Labute approximate surface area is 166 Å². The lowest BCUT2D eigenvalue weighted by Gasteiger charge is -2.37. The molecule has 4 rings (SSSR count). The first-order valence-electron chi connectivity index (χ1n) is 10.2. The maximum Gasteiger partial charge on any atom is 0.223 e. The molecular weight excluding hydrogens is 346 g/mol. The highest BCUT2D eigenvalue weighted by atomic mass is 16.2. The van der Waals surface area contributed by atoms with E-state index in [-0.39, 0.29) is 11.9 Å². The maximum atomic E-state index is 13.1. The summed E-state index contributed by atoms with van der Waals surface area (Å²) in [6.45, 7) is 4.59. The van der Waals surface area contributed by atoms with Gasteiger partial charge in [-0.15, -0.1) is 0 Å². The van der Waals surface area contributed by atoms with Crippen LogP contribution in [0, 0.1) is 0 Å². The smallest absolute Gasteiger partial charge is 0.223 e. The third-order valence-corrected chi connectivity index (χ3v) is 5.68. The zero-order valence-corrected chi connectivity index (χ0v) is 16.4. The summed E-state index contributed by atoms with van der Waals surface area (Å²) in [4.78, 5) is 19.6. The van der Waals surface area contributed by atoms with Gasteiger partial charge in [-0.2, -0.15) is 0 Å². The van der Waals surface area contributed by atoms with Gasteiger partial charge in [-0.25, -0.2) is 0 Å². The second-order valence-corrected chi connectivity index (χ2v) is 7.39. The van der Waals surface area contributed by atoms with Crippen LogP contribution in [0.15, 0.2) is 60.8 Å². The second kappa shape index (κ2) is 8.53. The van der Waals surface area contributed by atoms with E-state index < -0.39 is 0 Å². The van der Waals surface area contributed by atoms with Crippen LogP contribution >= 0.6 is 0 Å². The van der Waals surface area contributed by atoms with Crippen LogP contribution in [-0.4, -0.2) is 35.4 Å². The van der Waals surface area contributed by atoms with Crippen molar-refractivity contribution in [3.05, 3.63) is 77.5 Å². The number of amides is 1. The Morgan fingerprint density at radius 1 is 1.14 bits per heavy atom. The van der Waals surface area contributed by atoms with Crippen molar-refractivity contribution in [2.24, 2.45) is 0 Å². The molecule has 0 radical (unpaired) electrons. The number of rotatable bonds is 5. The van der Waals surface area contributed by atoms with E-state index in [0.29, 0.717) is 6.42 Å². The minimum absolute atomic E-state index is 0.112. The molecule has 1 unspecified atom stereocenters. The molecule has 1 atom stereocenters. The van der Waals surface area contributed by atoms with Crippen molar-refractivity contribution in [1.29, 1.82) is 0 Å². The van der Waals surface area contributed by atoms with E-state index in [0.717, 1.165) is 43.4 Å². The molecule has 144 valence electrons. The molecule has 1 amide bonds. The van der Waals surface area contributed by atoms with Crippen molar-refractivity contribution in [3.63, 3.8) is 0 Å². The molecule has 2 heterocycles. The van der Waals surface area contributed by atoms with Gasteiger partial charge < -0.3 is 10.2 Å². The molecule has 0 saturated carbocycles. The standard InChI is InChI=1S/C24H27N3O/c1-2-18-7-9-20(10-8-18)23-17-25-15-16-27(23)24(28)12-11-19-13-14-26-22-6-4-3-5-21(19)22/h3-10,13-14,23,25H,2,11-12,15-17H2,1H3. The van der Waals surface area contributed by atoms with Gasteiger partial charge in [0.1, 0.15) is 0 Å². The number of aromatic nitrogens is 1. The van der Waals surface area contributed by atoms with Crippen molar-refractivity contribution in [3.8, 4) is 0 Å². The Balaban J connectivity index is 1.49. The van der Waals surface area contributed by atoms with Crippen LogP contribution in [0.5, 0.6) is 0 Å². The molecule has 0 spiro atoms. The average molecular weight is 374 g/mol. The molecule has 4 nitrogen and oxygen atoms in total. The third-order valence-electron chi connectivity index (χ3n) is 5.68. The predicted molar refractivity (Wildman–Crippen MR) is 113 cm³/mol. The number of carbonyl (C=O) groups is 1. The number of nitrogens with one attached hydrogen (secondary N) is 1. The predicted octanol–water partition coefficient (Wildman–Crippen LogP) is 3.90. The number of fused-ring (bicyclic) bond motifs is 1. The van der Waals surface area contributed by atoms with E-state index in [1.807, 2.05) is 30.5 Å². The van der Waals surface area contributed by atoms with Gasteiger partial charge in [0.15, 0.2) is 0 Å². The summed E-state index contributed by atoms with van der Waals surface area (Å²) < 4.78 is 0. The minimum atomic E-state index is 0.112. The Hall–Kier alpha value is -2.72. The number of hydrogen-bond donors (Lipinski definition) is 1. The third kappa shape index (κ3) is 3.92. The molecule has 3 aromatic rings. The van der Waals surface area contributed by atoms with Crippen LogP contribution in [0.4, 0.5) is 0 Å². The zero-order chi connectivity index (χ0) is 19.3. The number of para-hydroxylation sites is 1. The zero-order valence-electron chi connectivity index (χ0n) is 16.4. The van der Waals surface area contributed by atoms with Crippen LogP contribution in [0.1, 0.15) is 36.1 Å². The van der Waals surface area contributed by atoms with Crippen LogP contribution in [0.25, 0.3) is 10.9 Å². The van der Waals surface area contributed by atoms with E-state index in [9.17, 15) is 4.79 Å². The SMILES string of the molecule is CCc1ccc(C2CNCCN2C(=O)CCc2ccnc3ccccc23)cc1. The summed E-state index contributed by atoms with van der Waals surface area (Å²) in [6.07, 6.45) is 4.14. The minimum Gasteiger partial charge on any atom is -0.333 e. The molecule has 1 aromatic heterocycles. The van der Waals surface area contributed by atoms with E-state index in [2.05, 4.69) is 52.5 Å². The number of piperazine rings is 1. The summed E-state index contributed by atoms with van der Waals surface area (Å²) in [7, 11) is 0.